The van der Waals surface area contributed by atoms with Crippen LogP contribution in [0.5, 0.6) is 0 Å². The summed E-state index contributed by atoms with van der Waals surface area (Å²) in [7, 11) is 0. The topological polar surface area (TPSA) is 38.0 Å². The molecule has 0 aliphatic rings. The van der Waals surface area contributed by atoms with Crippen LogP contribution in [0.2, 0.25) is 5.02 Å². The molecule has 2 aromatic carbocycles. The van der Waals surface area contributed by atoms with Crippen LogP contribution in [-0.4, -0.2) is 0 Å². The molecule has 0 aromatic heterocycles. The van der Waals surface area contributed by atoms with Gasteiger partial charge in [0, 0.05) is 5.56 Å². The number of hydrogen-bond acceptors (Lipinski definition) is 2. The molecule has 0 amide bonds. The van der Waals surface area contributed by atoms with Crippen LogP contribution in [-0.2, 0) is 6.18 Å². The second kappa shape index (κ2) is 6.01. The van der Waals surface area contributed by atoms with Gasteiger partial charge in [0.15, 0.2) is 0 Å². The highest BCUT2D eigenvalue weighted by molar-refractivity contribution is 6.30. The summed E-state index contributed by atoms with van der Waals surface area (Å²) in [6.45, 7) is 0. The monoisotopic (exact) mass is 318 g/mol. The van der Waals surface area contributed by atoms with Crippen LogP contribution in [0.1, 0.15) is 22.7 Å². The lowest BCUT2D eigenvalue weighted by Gasteiger charge is -2.22. The number of benzene rings is 2. The van der Waals surface area contributed by atoms with Crippen molar-refractivity contribution in [2.24, 2.45) is 5.84 Å². The molecule has 2 rings (SSSR count). The van der Waals surface area contributed by atoms with Gasteiger partial charge in [-0.1, -0.05) is 41.9 Å². The fraction of sp³-hybridized carbons (Fsp3) is 0.143. The van der Waals surface area contributed by atoms with Crippen LogP contribution in [0.4, 0.5) is 17.6 Å². The van der Waals surface area contributed by atoms with E-state index in [4.69, 9.17) is 17.4 Å². The van der Waals surface area contributed by atoms with Gasteiger partial charge in [-0.2, -0.15) is 13.2 Å². The Balaban J connectivity index is 2.60. The third-order valence-electron chi connectivity index (χ3n) is 3.04. The number of alkyl halides is 3. The first-order valence-corrected chi connectivity index (χ1v) is 6.30. The zero-order chi connectivity index (χ0) is 15.6. The molecule has 1 unspecified atom stereocenters. The average Bonchev–Trinajstić information content (AvgIpc) is 2.44. The van der Waals surface area contributed by atoms with Gasteiger partial charge in [-0.15, -0.1) is 0 Å². The summed E-state index contributed by atoms with van der Waals surface area (Å²) < 4.78 is 53.2. The number of nitrogens with two attached hydrogens (primary N) is 1. The van der Waals surface area contributed by atoms with Crippen LogP contribution < -0.4 is 11.3 Å². The SMILES string of the molecule is NNC(c1ccccc1C(F)(F)F)c1cccc(Cl)c1F. The van der Waals surface area contributed by atoms with E-state index in [0.717, 1.165) is 6.07 Å². The first kappa shape index (κ1) is 15.8. The van der Waals surface area contributed by atoms with Crippen LogP contribution >= 0.6 is 11.6 Å². The van der Waals surface area contributed by atoms with Gasteiger partial charge >= 0.3 is 6.18 Å². The van der Waals surface area contributed by atoms with Crippen molar-refractivity contribution in [1.29, 1.82) is 0 Å². The molecule has 0 spiro atoms. The average molecular weight is 319 g/mol. The number of nitrogens with one attached hydrogen (secondary N) is 1. The van der Waals surface area contributed by atoms with E-state index in [9.17, 15) is 17.6 Å². The van der Waals surface area contributed by atoms with Crippen LogP contribution in [0.15, 0.2) is 42.5 Å². The maximum Gasteiger partial charge on any atom is 0.416 e. The molecule has 1 atom stereocenters. The highest BCUT2D eigenvalue weighted by atomic mass is 35.5. The van der Waals surface area contributed by atoms with E-state index in [1.165, 1.54) is 36.4 Å². The van der Waals surface area contributed by atoms with Gasteiger partial charge in [-0.05, 0) is 17.7 Å². The predicted octanol–water partition coefficient (Wildman–Crippen LogP) is 4.05. The molecule has 0 bridgehead atoms. The van der Waals surface area contributed by atoms with E-state index in [1.807, 2.05) is 0 Å². The molecule has 0 heterocycles. The number of halogens is 5. The van der Waals surface area contributed by atoms with Crippen molar-refractivity contribution in [3.8, 4) is 0 Å². The smallest absolute Gasteiger partial charge is 0.271 e. The maximum absolute atomic E-state index is 14.0. The van der Waals surface area contributed by atoms with Crippen molar-refractivity contribution in [2.75, 3.05) is 0 Å². The van der Waals surface area contributed by atoms with Gasteiger partial charge in [-0.25, -0.2) is 9.82 Å². The Morgan fingerprint density at radius 2 is 1.62 bits per heavy atom. The van der Waals surface area contributed by atoms with E-state index in [-0.39, 0.29) is 16.1 Å². The Kier molecular flexibility index (Phi) is 4.51. The molecule has 0 fully saturated rings. The summed E-state index contributed by atoms with van der Waals surface area (Å²) >= 11 is 5.67. The van der Waals surface area contributed by atoms with Gasteiger partial charge in [0.05, 0.1) is 16.6 Å². The molecule has 112 valence electrons. The molecule has 7 heteroatoms. The summed E-state index contributed by atoms with van der Waals surface area (Å²) in [6.07, 6.45) is -4.57. The van der Waals surface area contributed by atoms with Crippen molar-refractivity contribution < 1.29 is 17.6 Å². The quantitative estimate of drug-likeness (QED) is 0.509. The zero-order valence-electron chi connectivity index (χ0n) is 10.6. The summed E-state index contributed by atoms with van der Waals surface area (Å²) in [5.74, 6) is 4.53. The molecule has 0 saturated heterocycles. The predicted molar refractivity (Wildman–Crippen MR) is 72.0 cm³/mol. The largest absolute Gasteiger partial charge is 0.416 e. The van der Waals surface area contributed by atoms with E-state index >= 15 is 0 Å². The third-order valence-corrected chi connectivity index (χ3v) is 3.33. The Morgan fingerprint density at radius 1 is 1.00 bits per heavy atom. The summed E-state index contributed by atoms with van der Waals surface area (Å²) in [5.41, 5.74) is 1.11. The minimum atomic E-state index is -4.57. The van der Waals surface area contributed by atoms with Gasteiger partial charge in [0.25, 0.3) is 0 Å². The minimum Gasteiger partial charge on any atom is -0.271 e. The van der Waals surface area contributed by atoms with Crippen molar-refractivity contribution in [3.05, 3.63) is 70.0 Å². The fourth-order valence-corrected chi connectivity index (χ4v) is 2.28. The van der Waals surface area contributed by atoms with E-state index in [1.54, 1.807) is 0 Å². The van der Waals surface area contributed by atoms with Crippen molar-refractivity contribution >= 4 is 11.6 Å². The first-order chi connectivity index (χ1) is 9.86. The van der Waals surface area contributed by atoms with Gasteiger partial charge in [0.2, 0.25) is 0 Å². The molecule has 2 aromatic rings. The van der Waals surface area contributed by atoms with Gasteiger partial charge < -0.3 is 0 Å². The molecule has 3 N–H and O–H groups in total. The van der Waals surface area contributed by atoms with Crippen LogP contribution in [0.3, 0.4) is 0 Å². The number of hydrogen-bond donors (Lipinski definition) is 2. The molecular formula is C14H11ClF4N2. The summed E-state index contributed by atoms with van der Waals surface area (Å²) in [6, 6.07) is 7.77. The molecule has 0 radical (unpaired) electrons. The zero-order valence-corrected chi connectivity index (χ0v) is 11.3. The molecule has 2 nitrogen and oxygen atoms in total. The van der Waals surface area contributed by atoms with Crippen LogP contribution in [0.25, 0.3) is 0 Å². The lowest BCUT2D eigenvalue weighted by atomic mass is 9.94. The van der Waals surface area contributed by atoms with Gasteiger partial charge in [0.1, 0.15) is 5.82 Å². The Bertz CT molecular complexity index is 643. The Morgan fingerprint density at radius 3 is 2.24 bits per heavy atom. The van der Waals surface area contributed by atoms with Gasteiger partial charge in [-0.3, -0.25) is 5.84 Å². The highest BCUT2D eigenvalue weighted by Gasteiger charge is 2.35. The summed E-state index contributed by atoms with van der Waals surface area (Å²) in [5, 5.41) is -0.183. The lowest BCUT2D eigenvalue weighted by Crippen LogP contribution is -2.31. The van der Waals surface area contributed by atoms with E-state index in [0.29, 0.717) is 0 Å². The molecule has 0 aliphatic carbocycles. The minimum absolute atomic E-state index is 0.0540. The highest BCUT2D eigenvalue weighted by Crippen LogP contribution is 2.37. The number of rotatable bonds is 3. The molecule has 0 aliphatic heterocycles. The van der Waals surface area contributed by atoms with Crippen molar-refractivity contribution in [2.45, 2.75) is 12.2 Å². The standard InChI is InChI=1S/C14H11ClF4N2/c15-11-7-3-5-9(12(11)16)13(21-20)8-4-1-2-6-10(8)14(17,18)19/h1-7,13,21H,20H2. The third kappa shape index (κ3) is 3.18. The van der Waals surface area contributed by atoms with E-state index < -0.39 is 23.6 Å². The number of hydrazine groups is 1. The van der Waals surface area contributed by atoms with Crippen molar-refractivity contribution in [3.63, 3.8) is 0 Å². The lowest BCUT2D eigenvalue weighted by molar-refractivity contribution is -0.138. The van der Waals surface area contributed by atoms with E-state index in [2.05, 4.69) is 5.43 Å². The Hall–Kier alpha value is -1.63. The molecule has 0 saturated carbocycles. The van der Waals surface area contributed by atoms with Crippen LogP contribution in [0, 0.1) is 5.82 Å². The second-order valence-corrected chi connectivity index (χ2v) is 4.73. The Labute approximate surface area is 123 Å². The van der Waals surface area contributed by atoms with Crippen molar-refractivity contribution in [1.82, 2.24) is 5.43 Å². The maximum atomic E-state index is 14.0. The first-order valence-electron chi connectivity index (χ1n) is 5.92. The molecular weight excluding hydrogens is 308 g/mol. The summed E-state index contributed by atoms with van der Waals surface area (Å²) in [4.78, 5) is 0. The normalized spacial score (nSPS) is 13.2. The second-order valence-electron chi connectivity index (χ2n) is 4.33. The fourth-order valence-electron chi connectivity index (χ4n) is 2.10. The molecule has 21 heavy (non-hydrogen) atoms.